The average molecular weight is 249 g/mol. The van der Waals surface area contributed by atoms with Crippen LogP contribution < -0.4 is 5.32 Å². The van der Waals surface area contributed by atoms with Gasteiger partial charge < -0.3 is 10.1 Å². The standard InChI is InChI=1S/C14H19NOS/c1-2-16-11-7-10(8-11)15-13-9-17-14-6-4-3-5-12(13)14/h3-6,10-11,13,15H,2,7-9H2,1H3. The van der Waals surface area contributed by atoms with E-state index in [1.54, 1.807) is 0 Å². The minimum atomic E-state index is 0.502. The predicted molar refractivity (Wildman–Crippen MR) is 71.5 cm³/mol. The topological polar surface area (TPSA) is 21.3 Å². The number of hydrogen-bond acceptors (Lipinski definition) is 3. The van der Waals surface area contributed by atoms with Gasteiger partial charge in [0.25, 0.3) is 0 Å². The Bertz CT molecular complexity index is 390. The summed E-state index contributed by atoms with van der Waals surface area (Å²) in [4.78, 5) is 1.45. The lowest BCUT2D eigenvalue weighted by Gasteiger charge is -2.37. The van der Waals surface area contributed by atoms with E-state index >= 15 is 0 Å². The number of hydrogen-bond donors (Lipinski definition) is 1. The van der Waals surface area contributed by atoms with Gasteiger partial charge in [-0.3, -0.25) is 0 Å². The zero-order valence-electron chi connectivity index (χ0n) is 10.2. The van der Waals surface area contributed by atoms with Crippen molar-refractivity contribution in [2.45, 2.75) is 42.8 Å². The molecular formula is C14H19NOS. The normalized spacial score (nSPS) is 31.0. The molecule has 1 saturated carbocycles. The maximum absolute atomic E-state index is 5.60. The Hall–Kier alpha value is -0.510. The Morgan fingerprint density at radius 2 is 2.18 bits per heavy atom. The predicted octanol–water partition coefficient (Wildman–Crippen LogP) is 2.99. The first-order chi connectivity index (χ1) is 8.36. The van der Waals surface area contributed by atoms with Crippen molar-refractivity contribution in [3.05, 3.63) is 29.8 Å². The Balaban J connectivity index is 1.55. The molecule has 1 N–H and O–H groups in total. The van der Waals surface area contributed by atoms with Gasteiger partial charge in [0.2, 0.25) is 0 Å². The molecule has 2 nitrogen and oxygen atoms in total. The summed E-state index contributed by atoms with van der Waals surface area (Å²) in [5, 5.41) is 3.76. The molecule has 1 heterocycles. The molecule has 1 aromatic carbocycles. The Morgan fingerprint density at radius 3 is 3.00 bits per heavy atom. The highest BCUT2D eigenvalue weighted by molar-refractivity contribution is 7.99. The van der Waals surface area contributed by atoms with Crippen molar-refractivity contribution in [1.29, 1.82) is 0 Å². The number of nitrogens with one attached hydrogen (secondary N) is 1. The number of rotatable bonds is 4. The van der Waals surface area contributed by atoms with Gasteiger partial charge in [0, 0.05) is 29.3 Å². The highest BCUT2D eigenvalue weighted by Gasteiger charge is 2.33. The molecule has 17 heavy (non-hydrogen) atoms. The second-order valence-electron chi connectivity index (χ2n) is 4.81. The van der Waals surface area contributed by atoms with Gasteiger partial charge in [-0.1, -0.05) is 18.2 Å². The van der Waals surface area contributed by atoms with Gasteiger partial charge >= 0.3 is 0 Å². The van der Waals surface area contributed by atoms with E-state index in [1.165, 1.54) is 29.1 Å². The first-order valence-corrected chi connectivity index (χ1v) is 7.44. The summed E-state index contributed by atoms with van der Waals surface area (Å²) in [6.07, 6.45) is 2.86. The van der Waals surface area contributed by atoms with Crippen LogP contribution in [0.3, 0.4) is 0 Å². The van der Waals surface area contributed by atoms with Crippen LogP contribution >= 0.6 is 11.8 Å². The van der Waals surface area contributed by atoms with Crippen LogP contribution in [0.2, 0.25) is 0 Å². The Morgan fingerprint density at radius 1 is 1.35 bits per heavy atom. The van der Waals surface area contributed by atoms with Crippen LogP contribution in [0, 0.1) is 0 Å². The summed E-state index contributed by atoms with van der Waals surface area (Å²) < 4.78 is 5.60. The van der Waals surface area contributed by atoms with Crippen molar-refractivity contribution in [3.8, 4) is 0 Å². The molecule has 0 amide bonds. The van der Waals surface area contributed by atoms with E-state index in [0.717, 1.165) is 6.61 Å². The summed E-state index contributed by atoms with van der Waals surface area (Å²) in [6.45, 7) is 2.92. The molecule has 1 fully saturated rings. The number of benzene rings is 1. The van der Waals surface area contributed by atoms with Crippen LogP contribution in [0.25, 0.3) is 0 Å². The number of ether oxygens (including phenoxy) is 1. The van der Waals surface area contributed by atoms with Crippen molar-refractivity contribution in [1.82, 2.24) is 5.32 Å². The Labute approximate surface area is 107 Å². The third-order valence-electron chi connectivity index (χ3n) is 3.63. The van der Waals surface area contributed by atoms with E-state index in [4.69, 9.17) is 4.74 Å². The quantitative estimate of drug-likeness (QED) is 0.886. The minimum Gasteiger partial charge on any atom is -0.378 e. The van der Waals surface area contributed by atoms with Gasteiger partial charge in [-0.25, -0.2) is 0 Å². The zero-order valence-corrected chi connectivity index (χ0v) is 11.0. The highest BCUT2D eigenvalue weighted by atomic mass is 32.2. The van der Waals surface area contributed by atoms with Gasteiger partial charge in [-0.15, -0.1) is 11.8 Å². The molecule has 1 unspecified atom stereocenters. The molecule has 92 valence electrons. The van der Waals surface area contributed by atoms with E-state index in [9.17, 15) is 0 Å². The molecule has 2 aliphatic rings. The molecule has 1 aromatic rings. The van der Waals surface area contributed by atoms with E-state index < -0.39 is 0 Å². The Kier molecular flexibility index (Phi) is 3.41. The van der Waals surface area contributed by atoms with Gasteiger partial charge in [0.05, 0.1) is 6.10 Å². The van der Waals surface area contributed by atoms with Crippen LogP contribution in [0.4, 0.5) is 0 Å². The summed E-state index contributed by atoms with van der Waals surface area (Å²) in [6, 6.07) is 9.95. The van der Waals surface area contributed by atoms with Crippen molar-refractivity contribution in [2.75, 3.05) is 12.4 Å². The van der Waals surface area contributed by atoms with E-state index in [2.05, 4.69) is 36.5 Å². The largest absolute Gasteiger partial charge is 0.378 e. The van der Waals surface area contributed by atoms with Crippen molar-refractivity contribution >= 4 is 11.8 Å². The van der Waals surface area contributed by atoms with Crippen LogP contribution in [-0.4, -0.2) is 24.5 Å². The maximum Gasteiger partial charge on any atom is 0.0604 e. The van der Waals surface area contributed by atoms with Crippen LogP contribution in [0.1, 0.15) is 31.4 Å². The maximum atomic E-state index is 5.60. The molecule has 0 radical (unpaired) electrons. The molecule has 3 heteroatoms. The molecule has 0 saturated heterocycles. The summed E-state index contributed by atoms with van der Waals surface area (Å²) in [7, 11) is 0. The van der Waals surface area contributed by atoms with Gasteiger partial charge in [0.1, 0.15) is 0 Å². The lowest BCUT2D eigenvalue weighted by Crippen LogP contribution is -2.46. The first-order valence-electron chi connectivity index (χ1n) is 6.46. The smallest absolute Gasteiger partial charge is 0.0604 e. The minimum absolute atomic E-state index is 0.502. The van der Waals surface area contributed by atoms with E-state index in [1.807, 2.05) is 11.8 Å². The summed E-state index contributed by atoms with van der Waals surface area (Å²) in [5.41, 5.74) is 1.48. The van der Waals surface area contributed by atoms with Crippen LogP contribution in [0.5, 0.6) is 0 Å². The van der Waals surface area contributed by atoms with Crippen LogP contribution in [0.15, 0.2) is 29.2 Å². The highest BCUT2D eigenvalue weighted by Crippen LogP contribution is 2.39. The molecule has 0 bridgehead atoms. The molecule has 1 atom stereocenters. The first kappa shape index (κ1) is 11.6. The number of thioether (sulfide) groups is 1. The van der Waals surface area contributed by atoms with Crippen molar-refractivity contribution < 1.29 is 4.74 Å². The van der Waals surface area contributed by atoms with E-state index in [-0.39, 0.29) is 0 Å². The molecule has 0 spiro atoms. The fraction of sp³-hybridized carbons (Fsp3) is 0.571. The van der Waals surface area contributed by atoms with Crippen LogP contribution in [-0.2, 0) is 4.74 Å². The zero-order chi connectivity index (χ0) is 11.7. The van der Waals surface area contributed by atoms with Gasteiger partial charge in [-0.05, 0) is 31.4 Å². The molecule has 1 aliphatic heterocycles. The third-order valence-corrected chi connectivity index (χ3v) is 4.82. The lowest BCUT2D eigenvalue weighted by molar-refractivity contribution is -0.0118. The summed E-state index contributed by atoms with van der Waals surface area (Å²) in [5.74, 6) is 1.18. The molecular weight excluding hydrogens is 230 g/mol. The summed E-state index contributed by atoms with van der Waals surface area (Å²) >= 11 is 1.97. The monoisotopic (exact) mass is 249 g/mol. The third kappa shape index (κ3) is 2.37. The SMILES string of the molecule is CCOC1CC(NC2CSc3ccccc32)C1. The van der Waals surface area contributed by atoms with E-state index in [0.29, 0.717) is 18.2 Å². The van der Waals surface area contributed by atoms with Crippen molar-refractivity contribution in [3.63, 3.8) is 0 Å². The van der Waals surface area contributed by atoms with Gasteiger partial charge in [-0.2, -0.15) is 0 Å². The fourth-order valence-electron chi connectivity index (χ4n) is 2.66. The molecule has 1 aliphatic carbocycles. The number of fused-ring (bicyclic) bond motifs is 1. The fourth-order valence-corrected chi connectivity index (χ4v) is 3.83. The molecule has 0 aromatic heterocycles. The second-order valence-corrected chi connectivity index (χ2v) is 5.88. The lowest BCUT2D eigenvalue weighted by atomic mass is 9.88. The van der Waals surface area contributed by atoms with Gasteiger partial charge in [0.15, 0.2) is 0 Å². The average Bonchev–Trinajstić information content (AvgIpc) is 2.70. The molecule has 3 rings (SSSR count). The second kappa shape index (κ2) is 5.01. The van der Waals surface area contributed by atoms with Crippen molar-refractivity contribution in [2.24, 2.45) is 0 Å².